The van der Waals surface area contributed by atoms with Gasteiger partial charge in [-0.15, -0.1) is 0 Å². The molecule has 2 aliphatic heterocycles. The minimum Gasteiger partial charge on any atom is -0.366 e. The Kier molecular flexibility index (Phi) is 7.45. The monoisotopic (exact) mass is 539 g/mol. The van der Waals surface area contributed by atoms with Crippen molar-refractivity contribution >= 4 is 40.2 Å². The van der Waals surface area contributed by atoms with Crippen LogP contribution in [-0.4, -0.2) is 40.0 Å². The van der Waals surface area contributed by atoms with E-state index in [0.717, 1.165) is 28.9 Å². The van der Waals surface area contributed by atoms with E-state index in [9.17, 15) is 4.79 Å². The summed E-state index contributed by atoms with van der Waals surface area (Å²) in [4.78, 5) is 22.2. The summed E-state index contributed by atoms with van der Waals surface area (Å²) in [5, 5.41) is 7.25. The lowest BCUT2D eigenvalue weighted by Crippen LogP contribution is -2.42. The minimum absolute atomic E-state index is 0.0215. The molecule has 0 spiro atoms. The molecule has 0 unspecified atom stereocenters. The standard InChI is InChI=1S/C32H37N5OS/c1-6-22-11-7-8-12-25(22)34-28(38)16-18-37-30(29(35-31(37)39)26-13-9-10-17-33-26)23-14-15-27-24(19-23)21(2)20-32(3,4)36(27)5/h7-15,17,19-20,29-30H,6,16,18H2,1-5H3,(H,34,38)(H,35,39)/t29-,30-/m1/s1. The molecule has 7 heteroatoms. The fourth-order valence-corrected chi connectivity index (χ4v) is 6.09. The summed E-state index contributed by atoms with van der Waals surface area (Å²) in [5.41, 5.74) is 7.72. The largest absolute Gasteiger partial charge is 0.366 e. The molecule has 0 saturated carbocycles. The molecule has 5 rings (SSSR count). The molecular formula is C32H37N5OS. The van der Waals surface area contributed by atoms with Crippen molar-refractivity contribution in [3.63, 3.8) is 0 Å². The van der Waals surface area contributed by atoms with Crippen LogP contribution >= 0.6 is 12.2 Å². The molecule has 39 heavy (non-hydrogen) atoms. The third kappa shape index (κ3) is 5.28. The Bertz CT molecular complexity index is 1420. The first-order valence-electron chi connectivity index (χ1n) is 13.6. The van der Waals surface area contributed by atoms with Gasteiger partial charge in [-0.05, 0) is 86.4 Å². The van der Waals surface area contributed by atoms with Gasteiger partial charge in [-0.2, -0.15) is 0 Å². The van der Waals surface area contributed by atoms with Crippen molar-refractivity contribution in [3.8, 4) is 0 Å². The molecule has 0 aliphatic carbocycles. The molecule has 202 valence electrons. The van der Waals surface area contributed by atoms with E-state index in [4.69, 9.17) is 12.2 Å². The van der Waals surface area contributed by atoms with Crippen molar-refractivity contribution in [2.45, 2.75) is 58.2 Å². The molecule has 2 atom stereocenters. The van der Waals surface area contributed by atoms with Gasteiger partial charge in [0.2, 0.25) is 5.91 Å². The Hall–Kier alpha value is -3.71. The van der Waals surface area contributed by atoms with Crippen molar-refractivity contribution in [3.05, 3.63) is 95.3 Å². The van der Waals surface area contributed by atoms with Gasteiger partial charge in [0.1, 0.15) is 0 Å². The molecule has 3 heterocycles. The van der Waals surface area contributed by atoms with Crippen molar-refractivity contribution in [1.29, 1.82) is 0 Å². The van der Waals surface area contributed by atoms with E-state index in [1.807, 2.05) is 48.7 Å². The van der Waals surface area contributed by atoms with Crippen LogP contribution in [0.3, 0.4) is 0 Å². The third-order valence-electron chi connectivity index (χ3n) is 8.03. The maximum atomic E-state index is 13.0. The zero-order valence-corrected chi connectivity index (χ0v) is 24.2. The lowest BCUT2D eigenvalue weighted by Gasteiger charge is -2.41. The van der Waals surface area contributed by atoms with Crippen molar-refractivity contribution in [2.24, 2.45) is 0 Å². The number of hydrogen-bond donors (Lipinski definition) is 2. The number of aromatic nitrogens is 1. The molecule has 2 N–H and O–H groups in total. The molecule has 3 aromatic rings. The number of allylic oxidation sites excluding steroid dienone is 1. The normalized spacial score (nSPS) is 19.8. The lowest BCUT2D eigenvalue weighted by molar-refractivity contribution is -0.116. The third-order valence-corrected chi connectivity index (χ3v) is 8.38. The van der Waals surface area contributed by atoms with Crippen LogP contribution in [0.4, 0.5) is 11.4 Å². The van der Waals surface area contributed by atoms with E-state index in [1.54, 1.807) is 0 Å². The number of hydrogen-bond acceptors (Lipinski definition) is 4. The summed E-state index contributed by atoms with van der Waals surface area (Å²) in [7, 11) is 2.14. The minimum atomic E-state index is -0.123. The Labute approximate surface area is 237 Å². The van der Waals surface area contributed by atoms with Crippen LogP contribution in [0.5, 0.6) is 0 Å². The molecule has 6 nitrogen and oxygen atoms in total. The van der Waals surface area contributed by atoms with Gasteiger partial charge in [-0.3, -0.25) is 9.78 Å². The molecule has 0 bridgehead atoms. The number of benzene rings is 2. The number of para-hydroxylation sites is 1. The van der Waals surface area contributed by atoms with Crippen LogP contribution in [0.2, 0.25) is 0 Å². The molecule has 1 saturated heterocycles. The van der Waals surface area contributed by atoms with Crippen LogP contribution in [0.1, 0.15) is 68.6 Å². The number of nitrogens with one attached hydrogen (secondary N) is 2. The van der Waals surface area contributed by atoms with E-state index >= 15 is 0 Å². The van der Waals surface area contributed by atoms with Crippen LogP contribution in [0, 0.1) is 0 Å². The maximum absolute atomic E-state index is 13.0. The Morgan fingerprint density at radius 1 is 1.13 bits per heavy atom. The van der Waals surface area contributed by atoms with Gasteiger partial charge < -0.3 is 20.4 Å². The smallest absolute Gasteiger partial charge is 0.226 e. The molecule has 0 radical (unpaired) electrons. The Morgan fingerprint density at radius 2 is 1.90 bits per heavy atom. The number of anilines is 2. The number of amides is 1. The maximum Gasteiger partial charge on any atom is 0.226 e. The van der Waals surface area contributed by atoms with Gasteiger partial charge in [-0.1, -0.05) is 43.3 Å². The number of carbonyl (C=O) groups excluding carboxylic acids is 1. The second kappa shape index (κ2) is 10.8. The number of likely N-dealkylation sites (N-methyl/N-ethyl adjacent to an activating group) is 1. The highest BCUT2D eigenvalue weighted by Gasteiger charge is 2.40. The van der Waals surface area contributed by atoms with Gasteiger partial charge in [0.25, 0.3) is 0 Å². The summed E-state index contributed by atoms with van der Waals surface area (Å²) in [5.74, 6) is -0.0215. The SMILES string of the molecule is CCc1ccccc1NC(=O)CCN1C(=S)N[C@H](c2ccccn2)[C@H]1c1ccc2c(c1)C(C)=CC(C)(C)N2C. The van der Waals surface area contributed by atoms with Crippen molar-refractivity contribution in [1.82, 2.24) is 15.2 Å². The van der Waals surface area contributed by atoms with E-state index in [0.29, 0.717) is 18.1 Å². The highest BCUT2D eigenvalue weighted by atomic mass is 32.1. The van der Waals surface area contributed by atoms with Gasteiger partial charge in [0, 0.05) is 43.1 Å². The molecule has 1 fully saturated rings. The van der Waals surface area contributed by atoms with E-state index in [-0.39, 0.29) is 23.5 Å². The van der Waals surface area contributed by atoms with Crippen LogP contribution in [0.25, 0.3) is 5.57 Å². The van der Waals surface area contributed by atoms with Crippen molar-refractivity contribution < 1.29 is 4.79 Å². The predicted molar refractivity (Wildman–Crippen MR) is 164 cm³/mol. The fourth-order valence-electron chi connectivity index (χ4n) is 5.76. The van der Waals surface area contributed by atoms with Gasteiger partial charge in [0.05, 0.1) is 23.3 Å². The summed E-state index contributed by atoms with van der Waals surface area (Å²) < 4.78 is 0. The number of aryl methyl sites for hydroxylation is 1. The van der Waals surface area contributed by atoms with Gasteiger partial charge >= 0.3 is 0 Å². The second-order valence-electron chi connectivity index (χ2n) is 10.9. The molecule has 2 aliphatic rings. The average Bonchev–Trinajstić information content (AvgIpc) is 3.27. The van der Waals surface area contributed by atoms with Gasteiger partial charge in [0.15, 0.2) is 5.11 Å². The van der Waals surface area contributed by atoms with Gasteiger partial charge in [-0.25, -0.2) is 0 Å². The Morgan fingerprint density at radius 3 is 2.64 bits per heavy atom. The van der Waals surface area contributed by atoms with Crippen LogP contribution < -0.4 is 15.5 Å². The summed E-state index contributed by atoms with van der Waals surface area (Å²) >= 11 is 5.84. The summed E-state index contributed by atoms with van der Waals surface area (Å²) in [6.07, 6.45) is 5.33. The fraction of sp³-hybridized carbons (Fsp3) is 0.344. The highest BCUT2D eigenvalue weighted by Crippen LogP contribution is 2.43. The summed E-state index contributed by atoms with van der Waals surface area (Å²) in [6, 6.07) is 20.4. The number of carbonyl (C=O) groups is 1. The number of pyridine rings is 1. The zero-order valence-electron chi connectivity index (χ0n) is 23.4. The van der Waals surface area contributed by atoms with Crippen LogP contribution in [0.15, 0.2) is 72.9 Å². The quantitative estimate of drug-likeness (QED) is 0.345. The molecular weight excluding hydrogens is 502 g/mol. The summed E-state index contributed by atoms with van der Waals surface area (Å²) in [6.45, 7) is 9.24. The molecule has 2 aromatic carbocycles. The highest BCUT2D eigenvalue weighted by molar-refractivity contribution is 7.80. The van der Waals surface area contributed by atoms with E-state index in [2.05, 4.69) is 84.4 Å². The number of rotatable bonds is 7. The predicted octanol–water partition coefficient (Wildman–Crippen LogP) is 6.28. The van der Waals surface area contributed by atoms with Crippen molar-refractivity contribution in [2.75, 3.05) is 23.8 Å². The van der Waals surface area contributed by atoms with E-state index in [1.165, 1.54) is 16.8 Å². The zero-order chi connectivity index (χ0) is 27.7. The number of thiocarbonyl (C=S) groups is 1. The number of nitrogens with zero attached hydrogens (tertiary/aromatic N) is 3. The molecule has 1 amide bonds. The second-order valence-corrected chi connectivity index (χ2v) is 11.3. The number of fused-ring (bicyclic) bond motifs is 1. The Balaban J connectivity index is 1.45. The first-order chi connectivity index (χ1) is 18.7. The molecule has 1 aromatic heterocycles. The van der Waals surface area contributed by atoms with E-state index < -0.39 is 0 Å². The first-order valence-corrected chi connectivity index (χ1v) is 14.0. The first kappa shape index (κ1) is 26.9. The lowest BCUT2D eigenvalue weighted by atomic mass is 9.86. The average molecular weight is 540 g/mol. The van der Waals surface area contributed by atoms with Crippen LogP contribution in [-0.2, 0) is 11.2 Å². The topological polar surface area (TPSA) is 60.5 Å².